The number of amides is 1. The number of fused-ring (bicyclic) bond motifs is 1. The van der Waals surface area contributed by atoms with Crippen molar-refractivity contribution in [3.05, 3.63) is 51.3 Å². The maximum atomic E-state index is 13.3. The van der Waals surface area contributed by atoms with Gasteiger partial charge in [-0.05, 0) is 36.6 Å². The van der Waals surface area contributed by atoms with Crippen molar-refractivity contribution in [2.75, 3.05) is 11.9 Å². The normalized spacial score (nSPS) is 12.1. The zero-order chi connectivity index (χ0) is 24.6. The van der Waals surface area contributed by atoms with Gasteiger partial charge < -0.3 is 10.1 Å². The maximum Gasteiger partial charge on any atom is 0.416 e. The number of hydrogen-bond acceptors (Lipinski definition) is 6. The van der Waals surface area contributed by atoms with Crippen LogP contribution in [0.15, 0.2) is 34.4 Å². The van der Waals surface area contributed by atoms with Crippen molar-refractivity contribution in [3.8, 4) is 5.69 Å². The molecule has 0 unspecified atom stereocenters. The highest BCUT2D eigenvalue weighted by molar-refractivity contribution is 7.16. The van der Waals surface area contributed by atoms with Gasteiger partial charge in [0.05, 0.1) is 23.2 Å². The summed E-state index contributed by atoms with van der Waals surface area (Å²) in [5.41, 5.74) is -2.03. The standard InChI is InChI=1S/C22H22F3N3O4S/c1-5-32-20(31)17-14-11-33-18(26-15(29)10-21(2,3)4)16(14)19(30)28(27-17)13-8-6-12(7-9-13)22(23,24)25/h6-9,11H,5,10H2,1-4H3,(H,26,29). The van der Waals surface area contributed by atoms with E-state index in [4.69, 9.17) is 4.74 Å². The minimum Gasteiger partial charge on any atom is -0.461 e. The SMILES string of the molecule is CCOC(=O)c1nn(-c2ccc(C(F)(F)F)cc2)c(=O)c2c(NC(=O)CC(C)(C)C)scc12. The van der Waals surface area contributed by atoms with Gasteiger partial charge >= 0.3 is 12.1 Å². The molecule has 0 saturated heterocycles. The molecular formula is C22H22F3N3O4S. The number of benzene rings is 1. The van der Waals surface area contributed by atoms with Crippen molar-refractivity contribution in [1.82, 2.24) is 9.78 Å². The average Bonchev–Trinajstić information content (AvgIpc) is 3.10. The van der Waals surface area contributed by atoms with Gasteiger partial charge in [-0.2, -0.15) is 23.0 Å². The molecule has 3 aromatic rings. The molecule has 0 aliphatic heterocycles. The molecule has 2 aromatic heterocycles. The number of esters is 1. The number of thiophene rings is 1. The van der Waals surface area contributed by atoms with Crippen LogP contribution in [0, 0.1) is 5.41 Å². The van der Waals surface area contributed by atoms with E-state index in [1.54, 1.807) is 6.92 Å². The molecule has 7 nitrogen and oxygen atoms in total. The molecule has 2 heterocycles. The molecule has 0 radical (unpaired) electrons. The highest BCUT2D eigenvalue weighted by Crippen LogP contribution is 2.32. The van der Waals surface area contributed by atoms with Gasteiger partial charge in [0.1, 0.15) is 5.00 Å². The predicted molar refractivity (Wildman–Crippen MR) is 119 cm³/mol. The van der Waals surface area contributed by atoms with Crippen LogP contribution in [0.4, 0.5) is 18.2 Å². The minimum absolute atomic E-state index is 0.0265. The summed E-state index contributed by atoms with van der Waals surface area (Å²) >= 11 is 1.05. The van der Waals surface area contributed by atoms with E-state index in [0.29, 0.717) is 0 Å². The summed E-state index contributed by atoms with van der Waals surface area (Å²) in [6.45, 7) is 7.33. The molecule has 1 N–H and O–H groups in total. The van der Waals surface area contributed by atoms with Crippen LogP contribution < -0.4 is 10.9 Å². The Labute approximate surface area is 191 Å². The summed E-state index contributed by atoms with van der Waals surface area (Å²) < 4.78 is 44.7. The number of halogens is 3. The number of rotatable bonds is 5. The fourth-order valence-corrected chi connectivity index (χ4v) is 4.06. The first-order chi connectivity index (χ1) is 15.3. The zero-order valence-corrected chi connectivity index (χ0v) is 19.2. The number of anilines is 1. The molecule has 0 aliphatic carbocycles. The van der Waals surface area contributed by atoms with Crippen molar-refractivity contribution < 1.29 is 27.5 Å². The van der Waals surface area contributed by atoms with Gasteiger partial charge in [-0.1, -0.05) is 20.8 Å². The summed E-state index contributed by atoms with van der Waals surface area (Å²) in [6.07, 6.45) is -4.36. The number of nitrogens with one attached hydrogen (secondary N) is 1. The lowest BCUT2D eigenvalue weighted by molar-refractivity contribution is -0.137. The van der Waals surface area contributed by atoms with Crippen LogP contribution >= 0.6 is 11.3 Å². The molecule has 176 valence electrons. The second kappa shape index (κ2) is 8.97. The Balaban J connectivity index is 2.18. The lowest BCUT2D eigenvalue weighted by Gasteiger charge is -2.17. The highest BCUT2D eigenvalue weighted by atomic mass is 32.1. The topological polar surface area (TPSA) is 90.3 Å². The van der Waals surface area contributed by atoms with Gasteiger partial charge in [0, 0.05) is 17.2 Å². The van der Waals surface area contributed by atoms with Gasteiger partial charge in [-0.15, -0.1) is 11.3 Å². The number of carbonyl (C=O) groups excluding carboxylic acids is 2. The molecule has 0 aliphatic rings. The summed E-state index contributed by atoms with van der Waals surface area (Å²) in [5.74, 6) is -1.12. The Hall–Kier alpha value is -3.21. The number of hydrogen-bond donors (Lipinski definition) is 1. The summed E-state index contributed by atoms with van der Waals surface area (Å²) in [4.78, 5) is 38.3. The number of aromatic nitrogens is 2. The molecule has 11 heteroatoms. The third kappa shape index (κ3) is 5.41. The fraction of sp³-hybridized carbons (Fsp3) is 0.364. The molecule has 0 spiro atoms. The largest absolute Gasteiger partial charge is 0.461 e. The Morgan fingerprint density at radius 2 is 1.79 bits per heavy atom. The molecule has 1 amide bonds. The van der Waals surface area contributed by atoms with Crippen molar-refractivity contribution >= 4 is 39.0 Å². The van der Waals surface area contributed by atoms with Crippen LogP contribution in [0.2, 0.25) is 0 Å². The summed E-state index contributed by atoms with van der Waals surface area (Å²) in [5, 5.41) is 8.74. The quantitative estimate of drug-likeness (QED) is 0.517. The third-order valence-corrected chi connectivity index (χ3v) is 5.40. The summed E-state index contributed by atoms with van der Waals surface area (Å²) in [7, 11) is 0. The molecule has 0 bridgehead atoms. The van der Waals surface area contributed by atoms with Crippen LogP contribution in [-0.4, -0.2) is 28.3 Å². The predicted octanol–water partition coefficient (Wildman–Crippen LogP) is 5.02. The first kappa shape index (κ1) is 24.4. The van der Waals surface area contributed by atoms with Crippen molar-refractivity contribution in [1.29, 1.82) is 0 Å². The van der Waals surface area contributed by atoms with E-state index >= 15 is 0 Å². The fourth-order valence-electron chi connectivity index (χ4n) is 3.11. The van der Waals surface area contributed by atoms with E-state index in [-0.39, 0.29) is 51.5 Å². The van der Waals surface area contributed by atoms with Gasteiger partial charge in [0.15, 0.2) is 5.69 Å². The second-order valence-electron chi connectivity index (χ2n) is 8.47. The van der Waals surface area contributed by atoms with E-state index in [2.05, 4.69) is 10.4 Å². The van der Waals surface area contributed by atoms with Crippen LogP contribution in [0.5, 0.6) is 0 Å². The lowest BCUT2D eigenvalue weighted by atomic mass is 9.92. The highest BCUT2D eigenvalue weighted by Gasteiger charge is 2.30. The van der Waals surface area contributed by atoms with Gasteiger partial charge in [0.25, 0.3) is 5.56 Å². The van der Waals surface area contributed by atoms with Crippen LogP contribution in [0.25, 0.3) is 16.5 Å². The van der Waals surface area contributed by atoms with E-state index < -0.39 is 23.3 Å². The molecule has 1 aromatic carbocycles. The Bertz CT molecular complexity index is 1260. The van der Waals surface area contributed by atoms with Crippen molar-refractivity contribution in [2.24, 2.45) is 5.41 Å². The second-order valence-corrected chi connectivity index (χ2v) is 9.35. The first-order valence-electron chi connectivity index (χ1n) is 10.0. The number of nitrogens with zero attached hydrogens (tertiary/aromatic N) is 2. The molecular weight excluding hydrogens is 459 g/mol. The molecule has 3 rings (SSSR count). The third-order valence-electron chi connectivity index (χ3n) is 4.50. The first-order valence-corrected chi connectivity index (χ1v) is 10.9. The van der Waals surface area contributed by atoms with E-state index in [0.717, 1.165) is 40.3 Å². The van der Waals surface area contributed by atoms with Gasteiger partial charge in [0.2, 0.25) is 5.91 Å². The van der Waals surface area contributed by atoms with E-state index in [1.807, 2.05) is 20.8 Å². The Morgan fingerprint density at radius 1 is 1.15 bits per heavy atom. The maximum absolute atomic E-state index is 13.3. The average molecular weight is 481 g/mol. The van der Waals surface area contributed by atoms with Crippen molar-refractivity contribution in [3.63, 3.8) is 0 Å². The number of ether oxygens (including phenoxy) is 1. The number of alkyl halides is 3. The van der Waals surface area contributed by atoms with Gasteiger partial charge in [-0.3, -0.25) is 9.59 Å². The minimum atomic E-state index is -4.55. The smallest absolute Gasteiger partial charge is 0.416 e. The summed E-state index contributed by atoms with van der Waals surface area (Å²) in [6, 6.07) is 3.80. The van der Waals surface area contributed by atoms with Crippen LogP contribution in [0.1, 0.15) is 50.2 Å². The monoisotopic (exact) mass is 481 g/mol. The molecule has 0 fully saturated rings. The lowest BCUT2D eigenvalue weighted by Crippen LogP contribution is -2.26. The van der Waals surface area contributed by atoms with Crippen molar-refractivity contribution in [2.45, 2.75) is 40.3 Å². The Morgan fingerprint density at radius 3 is 2.33 bits per heavy atom. The molecule has 0 saturated carbocycles. The molecule has 0 atom stereocenters. The van der Waals surface area contributed by atoms with Gasteiger partial charge in [-0.25, -0.2) is 4.79 Å². The Kier molecular flexibility index (Phi) is 6.64. The zero-order valence-electron chi connectivity index (χ0n) is 18.4. The molecule has 33 heavy (non-hydrogen) atoms. The number of carbonyl (C=O) groups is 2. The van der Waals surface area contributed by atoms with Crippen LogP contribution in [0.3, 0.4) is 0 Å². The van der Waals surface area contributed by atoms with Crippen LogP contribution in [-0.2, 0) is 15.7 Å². The van der Waals surface area contributed by atoms with E-state index in [9.17, 15) is 27.6 Å². The van der Waals surface area contributed by atoms with E-state index in [1.165, 1.54) is 5.38 Å².